The van der Waals surface area contributed by atoms with Gasteiger partial charge in [0.15, 0.2) is 0 Å². The summed E-state index contributed by atoms with van der Waals surface area (Å²) in [5.74, 6) is 0.424. The predicted octanol–water partition coefficient (Wildman–Crippen LogP) is 3.05. The van der Waals surface area contributed by atoms with Gasteiger partial charge in [-0.15, -0.1) is 6.58 Å². The summed E-state index contributed by atoms with van der Waals surface area (Å²) in [6.45, 7) is 4.50. The van der Waals surface area contributed by atoms with E-state index in [1.54, 1.807) is 0 Å². The number of nitrogens with zero attached hydrogens (tertiary/aromatic N) is 2. The second kappa shape index (κ2) is 5.14. The number of carbonyl (C=O) groups excluding carboxylic acids is 1. The van der Waals surface area contributed by atoms with Gasteiger partial charge in [-0.2, -0.15) is 0 Å². The van der Waals surface area contributed by atoms with Crippen molar-refractivity contribution in [2.45, 2.75) is 6.42 Å². The van der Waals surface area contributed by atoms with E-state index in [2.05, 4.69) is 22.5 Å². The highest BCUT2D eigenvalue weighted by Gasteiger charge is 2.30. The Bertz CT molecular complexity index is 485. The van der Waals surface area contributed by atoms with Crippen LogP contribution in [0.25, 0.3) is 0 Å². The summed E-state index contributed by atoms with van der Waals surface area (Å²) >= 11 is 3.47. The molecular weight excluding hydrogens is 292 g/mol. The lowest BCUT2D eigenvalue weighted by atomic mass is 10.1. The van der Waals surface area contributed by atoms with E-state index in [0.29, 0.717) is 6.42 Å². The minimum Gasteiger partial charge on any atom is -0.376 e. The highest BCUT2D eigenvalue weighted by Crippen LogP contribution is 2.35. The van der Waals surface area contributed by atoms with E-state index in [1.807, 2.05) is 48.2 Å². The van der Waals surface area contributed by atoms with Gasteiger partial charge in [0.2, 0.25) is 5.91 Å². The molecule has 3 nitrogen and oxygen atoms in total. The van der Waals surface area contributed by atoms with Crippen LogP contribution in [0.15, 0.2) is 35.3 Å². The lowest BCUT2D eigenvalue weighted by Crippen LogP contribution is -2.26. The van der Waals surface area contributed by atoms with Gasteiger partial charge in [-0.1, -0.05) is 22.0 Å². The summed E-state index contributed by atoms with van der Waals surface area (Å²) in [6.07, 6.45) is 2.42. The van der Waals surface area contributed by atoms with E-state index in [9.17, 15) is 4.79 Å². The largest absolute Gasteiger partial charge is 0.376 e. The molecule has 1 aromatic rings. The summed E-state index contributed by atoms with van der Waals surface area (Å²) in [4.78, 5) is 16.0. The van der Waals surface area contributed by atoms with Crippen molar-refractivity contribution in [2.24, 2.45) is 5.92 Å². The normalized spacial score (nSPS) is 19.2. The minimum absolute atomic E-state index is 0.168. The molecule has 2 rings (SSSR count). The second-order valence-electron chi connectivity index (χ2n) is 4.73. The van der Waals surface area contributed by atoms with E-state index in [0.717, 1.165) is 22.4 Å². The van der Waals surface area contributed by atoms with Crippen molar-refractivity contribution >= 4 is 33.2 Å². The maximum absolute atomic E-state index is 12.1. The number of anilines is 2. The summed E-state index contributed by atoms with van der Waals surface area (Å²) in [7, 11) is 3.97. The fourth-order valence-corrected chi connectivity index (χ4v) is 2.57. The van der Waals surface area contributed by atoms with Gasteiger partial charge in [0.25, 0.3) is 0 Å². The average molecular weight is 309 g/mol. The van der Waals surface area contributed by atoms with Gasteiger partial charge in [-0.3, -0.25) is 4.79 Å². The zero-order chi connectivity index (χ0) is 13.3. The molecule has 96 valence electrons. The first-order valence-electron chi connectivity index (χ1n) is 5.92. The Morgan fingerprint density at radius 2 is 2.22 bits per heavy atom. The predicted molar refractivity (Wildman–Crippen MR) is 79.1 cm³/mol. The molecule has 1 heterocycles. The second-order valence-corrected chi connectivity index (χ2v) is 5.65. The lowest BCUT2D eigenvalue weighted by molar-refractivity contribution is -0.117. The monoisotopic (exact) mass is 308 g/mol. The van der Waals surface area contributed by atoms with Crippen LogP contribution in [0.5, 0.6) is 0 Å². The summed E-state index contributed by atoms with van der Waals surface area (Å²) < 4.78 is 0.984. The quantitative estimate of drug-likeness (QED) is 0.801. The molecule has 1 amide bonds. The Labute approximate surface area is 116 Å². The molecule has 0 N–H and O–H groups in total. The highest BCUT2D eigenvalue weighted by atomic mass is 79.9. The number of halogens is 1. The topological polar surface area (TPSA) is 23.6 Å². The van der Waals surface area contributed by atoms with Crippen LogP contribution in [-0.4, -0.2) is 26.5 Å². The third-order valence-corrected chi connectivity index (χ3v) is 3.69. The van der Waals surface area contributed by atoms with Crippen molar-refractivity contribution in [2.75, 3.05) is 30.4 Å². The Morgan fingerprint density at radius 1 is 1.50 bits per heavy atom. The number of hydrogen-bond acceptors (Lipinski definition) is 2. The van der Waals surface area contributed by atoms with Gasteiger partial charge in [0.05, 0.1) is 11.4 Å². The van der Waals surface area contributed by atoms with Gasteiger partial charge in [0.1, 0.15) is 0 Å². The van der Waals surface area contributed by atoms with Crippen LogP contribution in [0.4, 0.5) is 11.4 Å². The van der Waals surface area contributed by atoms with Crippen molar-refractivity contribution < 1.29 is 4.79 Å². The molecule has 1 aliphatic heterocycles. The molecule has 1 fully saturated rings. The van der Waals surface area contributed by atoms with Crippen molar-refractivity contribution in [3.8, 4) is 0 Å². The first-order valence-corrected chi connectivity index (χ1v) is 6.72. The van der Waals surface area contributed by atoms with E-state index < -0.39 is 0 Å². The van der Waals surface area contributed by atoms with Crippen LogP contribution < -0.4 is 9.80 Å². The van der Waals surface area contributed by atoms with Gasteiger partial charge < -0.3 is 9.80 Å². The van der Waals surface area contributed by atoms with Crippen LogP contribution >= 0.6 is 15.9 Å². The summed E-state index contributed by atoms with van der Waals surface area (Å²) in [5, 5.41) is 0. The molecule has 18 heavy (non-hydrogen) atoms. The zero-order valence-corrected chi connectivity index (χ0v) is 12.3. The fourth-order valence-electron chi connectivity index (χ4n) is 2.22. The Kier molecular flexibility index (Phi) is 3.76. The maximum Gasteiger partial charge on any atom is 0.227 e. The third-order valence-electron chi connectivity index (χ3n) is 3.20. The SMILES string of the molecule is C=CC1CC(=O)N(c2cc(Br)ccc2N(C)C)C1. The van der Waals surface area contributed by atoms with Crippen LogP contribution in [0.3, 0.4) is 0 Å². The molecule has 0 radical (unpaired) electrons. The van der Waals surface area contributed by atoms with Crippen molar-refractivity contribution in [1.82, 2.24) is 0 Å². The van der Waals surface area contributed by atoms with Crippen LogP contribution in [-0.2, 0) is 4.79 Å². The van der Waals surface area contributed by atoms with Crippen LogP contribution in [0, 0.1) is 5.92 Å². The maximum atomic E-state index is 12.1. The molecule has 4 heteroatoms. The third kappa shape index (κ3) is 2.43. The van der Waals surface area contributed by atoms with Crippen LogP contribution in [0.1, 0.15) is 6.42 Å². The Hall–Kier alpha value is -1.29. The first kappa shape index (κ1) is 13.1. The molecule has 0 bridgehead atoms. The molecule has 1 unspecified atom stereocenters. The minimum atomic E-state index is 0.168. The number of benzene rings is 1. The molecular formula is C14H17BrN2O. The van der Waals surface area contributed by atoms with Gasteiger partial charge in [-0.05, 0) is 18.2 Å². The molecule has 1 saturated heterocycles. The molecule has 0 aliphatic carbocycles. The molecule has 0 spiro atoms. The van der Waals surface area contributed by atoms with Crippen molar-refractivity contribution in [1.29, 1.82) is 0 Å². The van der Waals surface area contributed by atoms with E-state index in [-0.39, 0.29) is 11.8 Å². The van der Waals surface area contributed by atoms with Gasteiger partial charge in [-0.25, -0.2) is 0 Å². The smallest absolute Gasteiger partial charge is 0.227 e. The summed E-state index contributed by atoms with van der Waals surface area (Å²) in [6, 6.07) is 6.01. The molecule has 0 aromatic heterocycles. The highest BCUT2D eigenvalue weighted by molar-refractivity contribution is 9.10. The molecule has 1 aliphatic rings. The number of rotatable bonds is 3. The fraction of sp³-hybridized carbons (Fsp3) is 0.357. The summed E-state index contributed by atoms with van der Waals surface area (Å²) in [5.41, 5.74) is 2.01. The van der Waals surface area contributed by atoms with Crippen molar-refractivity contribution in [3.63, 3.8) is 0 Å². The number of amides is 1. The Balaban J connectivity index is 2.41. The van der Waals surface area contributed by atoms with Crippen molar-refractivity contribution in [3.05, 3.63) is 35.3 Å². The molecule has 0 saturated carbocycles. The standard InChI is InChI=1S/C14H17BrN2O/c1-4-10-7-14(18)17(9-10)13-8-11(15)5-6-12(13)16(2)3/h4-6,8,10H,1,7,9H2,2-3H3. The zero-order valence-electron chi connectivity index (χ0n) is 10.7. The van der Waals surface area contributed by atoms with Gasteiger partial charge >= 0.3 is 0 Å². The number of carbonyl (C=O) groups is 1. The lowest BCUT2D eigenvalue weighted by Gasteiger charge is -2.24. The van der Waals surface area contributed by atoms with E-state index in [1.165, 1.54) is 0 Å². The van der Waals surface area contributed by atoms with Gasteiger partial charge in [0, 0.05) is 37.5 Å². The first-order chi connectivity index (χ1) is 8.52. The van der Waals surface area contributed by atoms with E-state index in [4.69, 9.17) is 0 Å². The Morgan fingerprint density at radius 3 is 2.78 bits per heavy atom. The molecule has 1 aromatic carbocycles. The van der Waals surface area contributed by atoms with Crippen LogP contribution in [0.2, 0.25) is 0 Å². The van der Waals surface area contributed by atoms with E-state index >= 15 is 0 Å². The molecule has 1 atom stereocenters. The average Bonchev–Trinajstić information content (AvgIpc) is 2.70. The number of hydrogen-bond donors (Lipinski definition) is 0.